The summed E-state index contributed by atoms with van der Waals surface area (Å²) in [4.78, 5) is 0. The van der Waals surface area contributed by atoms with Gasteiger partial charge in [-0.2, -0.15) is 0 Å². The van der Waals surface area contributed by atoms with E-state index >= 15 is 0 Å². The molecule has 1 aliphatic heterocycles. The first-order chi connectivity index (χ1) is 10.8. The highest BCUT2D eigenvalue weighted by Gasteiger charge is 2.13. The third kappa shape index (κ3) is 3.15. The highest BCUT2D eigenvalue weighted by atomic mass is 16.7. The van der Waals surface area contributed by atoms with Gasteiger partial charge in [0.05, 0.1) is 6.61 Å². The van der Waals surface area contributed by atoms with E-state index in [1.54, 1.807) is 24.3 Å². The van der Waals surface area contributed by atoms with Gasteiger partial charge in [-0.25, -0.2) is 0 Å². The lowest BCUT2D eigenvalue weighted by Crippen LogP contribution is -1.94. The molecule has 5 heteroatoms. The molecule has 0 atom stereocenters. The van der Waals surface area contributed by atoms with Crippen LogP contribution in [0.4, 0.5) is 0 Å². The van der Waals surface area contributed by atoms with E-state index in [2.05, 4.69) is 0 Å². The molecule has 0 amide bonds. The van der Waals surface area contributed by atoms with Crippen molar-refractivity contribution in [2.24, 2.45) is 0 Å². The maximum atomic E-state index is 9.50. The number of aliphatic hydroxyl groups excluding tert-OH is 1. The Kier molecular flexibility index (Phi) is 4.16. The van der Waals surface area contributed by atoms with E-state index in [1.165, 1.54) is 0 Å². The van der Waals surface area contributed by atoms with Crippen molar-refractivity contribution in [2.45, 2.75) is 6.61 Å². The molecule has 2 aromatic rings. The molecule has 1 aliphatic rings. The summed E-state index contributed by atoms with van der Waals surface area (Å²) in [6.07, 6.45) is 3.73. The van der Waals surface area contributed by atoms with Crippen LogP contribution in [0.2, 0.25) is 0 Å². The van der Waals surface area contributed by atoms with E-state index in [1.807, 2.05) is 24.3 Å². The zero-order valence-corrected chi connectivity index (χ0v) is 11.9. The minimum absolute atomic E-state index is 0.0938. The van der Waals surface area contributed by atoms with Crippen LogP contribution in [0.1, 0.15) is 11.1 Å². The SMILES string of the molecule is OCc1cc(/C=C/COc2ccc3c(c2)OCO3)ccc1O. The molecule has 5 nitrogen and oxygen atoms in total. The normalized spacial score (nSPS) is 12.8. The third-order valence-electron chi connectivity index (χ3n) is 3.27. The highest BCUT2D eigenvalue weighted by Crippen LogP contribution is 2.35. The lowest BCUT2D eigenvalue weighted by atomic mass is 10.1. The van der Waals surface area contributed by atoms with Crippen LogP contribution in [-0.4, -0.2) is 23.6 Å². The summed E-state index contributed by atoms with van der Waals surface area (Å²) in [5.41, 5.74) is 1.38. The van der Waals surface area contributed by atoms with Crippen LogP contribution < -0.4 is 14.2 Å². The van der Waals surface area contributed by atoms with E-state index in [9.17, 15) is 5.11 Å². The molecule has 0 spiro atoms. The second-order valence-corrected chi connectivity index (χ2v) is 4.77. The van der Waals surface area contributed by atoms with Crippen LogP contribution in [-0.2, 0) is 6.61 Å². The lowest BCUT2D eigenvalue weighted by molar-refractivity contribution is 0.174. The molecular formula is C17H16O5. The summed E-state index contributed by atoms with van der Waals surface area (Å²) in [5, 5.41) is 18.6. The number of fused-ring (bicyclic) bond motifs is 1. The van der Waals surface area contributed by atoms with E-state index in [4.69, 9.17) is 19.3 Å². The average Bonchev–Trinajstić information content (AvgIpc) is 3.00. The van der Waals surface area contributed by atoms with Crippen molar-refractivity contribution in [2.75, 3.05) is 13.4 Å². The predicted octanol–water partition coefficient (Wildman–Crippen LogP) is 2.71. The summed E-state index contributed by atoms with van der Waals surface area (Å²) in [6, 6.07) is 10.5. The Morgan fingerprint density at radius 3 is 2.82 bits per heavy atom. The number of aromatic hydroxyl groups is 1. The van der Waals surface area contributed by atoms with Crippen molar-refractivity contribution in [3.63, 3.8) is 0 Å². The van der Waals surface area contributed by atoms with Gasteiger partial charge in [-0.1, -0.05) is 12.1 Å². The quantitative estimate of drug-likeness (QED) is 0.888. The van der Waals surface area contributed by atoms with Crippen molar-refractivity contribution in [1.82, 2.24) is 0 Å². The first-order valence-electron chi connectivity index (χ1n) is 6.88. The zero-order valence-electron chi connectivity index (χ0n) is 11.9. The van der Waals surface area contributed by atoms with Gasteiger partial charge in [-0.3, -0.25) is 0 Å². The standard InChI is InChI=1S/C17H16O5/c18-10-13-8-12(3-5-15(13)19)2-1-7-20-14-4-6-16-17(9-14)22-11-21-16/h1-6,8-9,18-19H,7,10-11H2/b2-1+. The third-order valence-corrected chi connectivity index (χ3v) is 3.27. The fraction of sp³-hybridized carbons (Fsp3) is 0.176. The number of aliphatic hydroxyl groups is 1. The van der Waals surface area contributed by atoms with Gasteiger partial charge in [0.2, 0.25) is 6.79 Å². The smallest absolute Gasteiger partial charge is 0.231 e. The lowest BCUT2D eigenvalue weighted by Gasteiger charge is -2.04. The van der Waals surface area contributed by atoms with Crippen molar-refractivity contribution in [1.29, 1.82) is 0 Å². The van der Waals surface area contributed by atoms with Crippen LogP contribution >= 0.6 is 0 Å². The van der Waals surface area contributed by atoms with Gasteiger partial charge in [0, 0.05) is 11.6 Å². The topological polar surface area (TPSA) is 68.2 Å². The Morgan fingerprint density at radius 1 is 1.09 bits per heavy atom. The number of hydrogen-bond donors (Lipinski definition) is 2. The molecule has 2 aromatic carbocycles. The Balaban J connectivity index is 1.58. The van der Waals surface area contributed by atoms with Crippen LogP contribution in [0, 0.1) is 0 Å². The monoisotopic (exact) mass is 300 g/mol. The number of benzene rings is 2. The van der Waals surface area contributed by atoms with E-state index < -0.39 is 0 Å². The molecule has 2 N–H and O–H groups in total. The fourth-order valence-corrected chi connectivity index (χ4v) is 2.13. The average molecular weight is 300 g/mol. The van der Waals surface area contributed by atoms with E-state index in [0.29, 0.717) is 23.7 Å². The molecular weight excluding hydrogens is 284 g/mol. The van der Waals surface area contributed by atoms with E-state index in [-0.39, 0.29) is 19.1 Å². The van der Waals surface area contributed by atoms with Crippen molar-refractivity contribution in [3.05, 3.63) is 53.6 Å². The molecule has 0 bridgehead atoms. The molecule has 114 valence electrons. The summed E-state index contributed by atoms with van der Waals surface area (Å²) >= 11 is 0. The maximum absolute atomic E-state index is 9.50. The summed E-state index contributed by atoms with van der Waals surface area (Å²) in [5.74, 6) is 2.21. The van der Waals surface area contributed by atoms with Gasteiger partial charge in [-0.05, 0) is 35.9 Å². The highest BCUT2D eigenvalue weighted by molar-refractivity contribution is 5.53. The minimum Gasteiger partial charge on any atom is -0.508 e. The molecule has 3 rings (SSSR count). The Bertz CT molecular complexity index is 693. The minimum atomic E-state index is -0.193. The summed E-state index contributed by atoms with van der Waals surface area (Å²) < 4.78 is 16.1. The predicted molar refractivity (Wildman–Crippen MR) is 81.1 cm³/mol. The van der Waals surface area contributed by atoms with Crippen molar-refractivity contribution >= 4 is 6.08 Å². The second kappa shape index (κ2) is 6.41. The van der Waals surface area contributed by atoms with Crippen LogP contribution in [0.5, 0.6) is 23.0 Å². The van der Waals surface area contributed by atoms with E-state index in [0.717, 1.165) is 11.3 Å². The molecule has 0 radical (unpaired) electrons. The first-order valence-corrected chi connectivity index (χ1v) is 6.88. The molecule has 0 unspecified atom stereocenters. The van der Waals surface area contributed by atoms with Gasteiger partial charge in [0.15, 0.2) is 11.5 Å². The number of rotatable bonds is 5. The largest absolute Gasteiger partial charge is 0.508 e. The molecule has 1 heterocycles. The molecule has 0 aliphatic carbocycles. The van der Waals surface area contributed by atoms with Crippen LogP contribution in [0.3, 0.4) is 0 Å². The number of phenols is 1. The van der Waals surface area contributed by atoms with Gasteiger partial charge < -0.3 is 24.4 Å². The summed E-state index contributed by atoms with van der Waals surface area (Å²) in [7, 11) is 0. The van der Waals surface area contributed by atoms with Gasteiger partial charge in [0.1, 0.15) is 18.1 Å². The Hall–Kier alpha value is -2.66. The fourth-order valence-electron chi connectivity index (χ4n) is 2.13. The summed E-state index contributed by atoms with van der Waals surface area (Å²) in [6.45, 7) is 0.447. The van der Waals surface area contributed by atoms with Crippen LogP contribution in [0.15, 0.2) is 42.5 Å². The maximum Gasteiger partial charge on any atom is 0.231 e. The second-order valence-electron chi connectivity index (χ2n) is 4.77. The Labute approximate surface area is 128 Å². The molecule has 22 heavy (non-hydrogen) atoms. The Morgan fingerprint density at radius 2 is 1.95 bits per heavy atom. The molecule has 0 saturated carbocycles. The van der Waals surface area contributed by atoms with Crippen LogP contribution in [0.25, 0.3) is 6.08 Å². The molecule has 0 aromatic heterocycles. The molecule has 0 fully saturated rings. The van der Waals surface area contributed by atoms with Gasteiger partial charge in [-0.15, -0.1) is 0 Å². The molecule has 0 saturated heterocycles. The van der Waals surface area contributed by atoms with Gasteiger partial charge >= 0.3 is 0 Å². The first kappa shape index (κ1) is 14.3. The van der Waals surface area contributed by atoms with Crippen molar-refractivity contribution in [3.8, 4) is 23.0 Å². The number of hydrogen-bond acceptors (Lipinski definition) is 5. The van der Waals surface area contributed by atoms with Crippen molar-refractivity contribution < 1.29 is 24.4 Å². The number of ether oxygens (including phenoxy) is 3. The zero-order chi connectivity index (χ0) is 15.4. The van der Waals surface area contributed by atoms with Gasteiger partial charge in [0.25, 0.3) is 0 Å².